The zero-order valence-corrected chi connectivity index (χ0v) is 18.9. The van der Waals surface area contributed by atoms with Crippen LogP contribution in [0.25, 0.3) is 10.9 Å². The molecule has 0 atom stereocenters. The topological polar surface area (TPSA) is 106 Å². The second-order valence-corrected chi connectivity index (χ2v) is 9.68. The molecule has 2 aromatic carbocycles. The molecule has 170 valence electrons. The van der Waals surface area contributed by atoms with Gasteiger partial charge in [-0.1, -0.05) is 17.7 Å². The molecule has 3 aromatic rings. The Morgan fingerprint density at radius 3 is 2.88 bits per heavy atom. The molecule has 3 saturated heterocycles. The Bertz CT molecular complexity index is 1410. The van der Waals surface area contributed by atoms with E-state index in [-0.39, 0.29) is 12.5 Å². The van der Waals surface area contributed by atoms with Crippen LogP contribution in [0.4, 0.5) is 11.4 Å². The largest absolute Gasteiger partial charge is 0.328 e. The molecule has 5 heterocycles. The summed E-state index contributed by atoms with van der Waals surface area (Å²) in [5.41, 5.74) is 1.24. The molecule has 4 aliphatic rings. The van der Waals surface area contributed by atoms with E-state index in [1.54, 1.807) is 18.2 Å². The maximum Gasteiger partial charge on any atom is 0.328 e. The third kappa shape index (κ3) is 3.45. The highest BCUT2D eigenvalue weighted by Gasteiger charge is 2.58. The van der Waals surface area contributed by atoms with Crippen LogP contribution < -0.4 is 21.5 Å². The standard InChI is InChI=1S/C22H19ClN4O5S/c23-13-3-1-4-14-18(13)19(29)26(20(30)25-14)8-2-7-22-11-27(21(31-22)32-22)12-5-6-16-15(9-12)24-17(28)10-33-16/h1,3-6,9,21H,2,7-8,10-11H2,(H,24,28)(H,25,30). The number of nitrogens with zero attached hydrogens (tertiary/aromatic N) is 2. The number of aromatic amines is 1. The van der Waals surface area contributed by atoms with Crippen LogP contribution in [0.5, 0.6) is 0 Å². The van der Waals surface area contributed by atoms with Crippen LogP contribution in [0, 0.1) is 0 Å². The first-order chi connectivity index (χ1) is 15.9. The van der Waals surface area contributed by atoms with Crippen molar-refractivity contribution < 1.29 is 14.3 Å². The van der Waals surface area contributed by atoms with Crippen molar-refractivity contribution in [2.24, 2.45) is 0 Å². The van der Waals surface area contributed by atoms with E-state index in [0.717, 1.165) is 20.8 Å². The number of halogens is 1. The highest BCUT2D eigenvalue weighted by Crippen LogP contribution is 2.46. The monoisotopic (exact) mass is 486 g/mol. The fourth-order valence-corrected chi connectivity index (χ4v) is 5.58. The fourth-order valence-electron chi connectivity index (χ4n) is 4.54. The molecule has 0 unspecified atom stereocenters. The first kappa shape index (κ1) is 20.8. The molecular weight excluding hydrogens is 468 g/mol. The van der Waals surface area contributed by atoms with E-state index >= 15 is 0 Å². The van der Waals surface area contributed by atoms with Gasteiger partial charge in [-0.3, -0.25) is 14.2 Å². The Labute approximate surface area is 196 Å². The maximum absolute atomic E-state index is 12.8. The van der Waals surface area contributed by atoms with Crippen molar-refractivity contribution in [3.05, 3.63) is 62.3 Å². The number of nitrogens with one attached hydrogen (secondary N) is 2. The summed E-state index contributed by atoms with van der Waals surface area (Å²) in [5, 5.41) is 3.51. The summed E-state index contributed by atoms with van der Waals surface area (Å²) >= 11 is 7.69. The summed E-state index contributed by atoms with van der Waals surface area (Å²) in [5.74, 6) is -0.369. The van der Waals surface area contributed by atoms with Crippen molar-refractivity contribution in [2.75, 3.05) is 22.5 Å². The van der Waals surface area contributed by atoms with Crippen molar-refractivity contribution >= 4 is 51.5 Å². The molecule has 2 bridgehead atoms. The van der Waals surface area contributed by atoms with E-state index in [1.807, 2.05) is 23.1 Å². The van der Waals surface area contributed by atoms with Crippen LogP contribution in [0.2, 0.25) is 5.02 Å². The van der Waals surface area contributed by atoms with E-state index < -0.39 is 23.5 Å². The van der Waals surface area contributed by atoms with E-state index in [1.165, 1.54) is 11.8 Å². The Kier molecular flexibility index (Phi) is 4.80. The predicted molar refractivity (Wildman–Crippen MR) is 125 cm³/mol. The lowest BCUT2D eigenvalue weighted by Gasteiger charge is -2.37. The number of anilines is 2. The van der Waals surface area contributed by atoms with Crippen molar-refractivity contribution in [2.45, 2.75) is 36.5 Å². The molecule has 9 nitrogen and oxygen atoms in total. The van der Waals surface area contributed by atoms with Gasteiger partial charge in [0.25, 0.3) is 5.56 Å². The summed E-state index contributed by atoms with van der Waals surface area (Å²) in [6.07, 6.45) is 0.543. The third-order valence-corrected chi connectivity index (χ3v) is 7.51. The molecule has 2 N–H and O–H groups in total. The number of hydrogen-bond acceptors (Lipinski definition) is 7. The van der Waals surface area contributed by atoms with Gasteiger partial charge in [-0.25, -0.2) is 4.79 Å². The summed E-state index contributed by atoms with van der Waals surface area (Å²) in [7, 11) is 0. The molecule has 4 aliphatic heterocycles. The summed E-state index contributed by atoms with van der Waals surface area (Å²) in [6.45, 7) is 0.739. The number of fused-ring (bicyclic) bond motifs is 3. The SMILES string of the molecule is O=C1CSc2ccc(N3CC4(CCCn5c(=O)[nH]c6cccc(Cl)c6c5=O)OC3O4)cc2N1. The van der Waals surface area contributed by atoms with Gasteiger partial charge in [-0.15, -0.1) is 11.8 Å². The minimum absolute atomic E-state index is 0.0143. The number of amides is 1. The highest BCUT2D eigenvalue weighted by molar-refractivity contribution is 8.00. The third-order valence-electron chi connectivity index (χ3n) is 6.12. The van der Waals surface area contributed by atoms with Crippen LogP contribution in [0.1, 0.15) is 12.8 Å². The fraction of sp³-hybridized carbons (Fsp3) is 0.318. The van der Waals surface area contributed by atoms with E-state index in [9.17, 15) is 14.4 Å². The van der Waals surface area contributed by atoms with Gasteiger partial charge in [0.1, 0.15) is 0 Å². The number of aromatic nitrogens is 2. The molecule has 1 aromatic heterocycles. The number of rotatable bonds is 5. The number of hydrogen-bond donors (Lipinski definition) is 2. The van der Waals surface area contributed by atoms with Crippen LogP contribution in [-0.2, 0) is 20.8 Å². The molecule has 0 spiro atoms. The van der Waals surface area contributed by atoms with Crippen LogP contribution in [0.3, 0.4) is 0 Å². The molecule has 0 radical (unpaired) electrons. The maximum atomic E-state index is 12.8. The second-order valence-electron chi connectivity index (χ2n) is 8.25. The minimum Gasteiger partial charge on any atom is -0.324 e. The average molecular weight is 487 g/mol. The average Bonchev–Trinajstić information content (AvgIpc) is 3.31. The second kappa shape index (κ2) is 7.63. The molecule has 3 fully saturated rings. The molecular formula is C22H19ClN4O5S. The van der Waals surface area contributed by atoms with Gasteiger partial charge in [0.2, 0.25) is 12.3 Å². The minimum atomic E-state index is -0.774. The van der Waals surface area contributed by atoms with Gasteiger partial charge in [-0.2, -0.15) is 0 Å². The lowest BCUT2D eigenvalue weighted by atomic mass is 10.1. The van der Waals surface area contributed by atoms with Crippen molar-refractivity contribution in [1.29, 1.82) is 0 Å². The number of thioether (sulfide) groups is 1. The van der Waals surface area contributed by atoms with Gasteiger partial charge >= 0.3 is 5.69 Å². The molecule has 0 aliphatic carbocycles. The van der Waals surface area contributed by atoms with Crippen molar-refractivity contribution in [3.63, 3.8) is 0 Å². The van der Waals surface area contributed by atoms with Crippen LogP contribution in [0.15, 0.2) is 50.9 Å². The lowest BCUT2D eigenvalue weighted by molar-refractivity contribution is -0.406. The first-order valence-electron chi connectivity index (χ1n) is 10.5. The van der Waals surface area contributed by atoms with Gasteiger partial charge in [0.15, 0.2) is 5.79 Å². The summed E-state index contributed by atoms with van der Waals surface area (Å²) < 4.78 is 13.1. The van der Waals surface area contributed by atoms with E-state index in [0.29, 0.717) is 41.1 Å². The number of benzene rings is 2. The van der Waals surface area contributed by atoms with Gasteiger partial charge < -0.3 is 24.7 Å². The summed E-state index contributed by atoms with van der Waals surface area (Å²) in [6, 6.07) is 10.9. The normalized spacial score (nSPS) is 23.4. The molecule has 1 amide bonds. The molecule has 11 heteroatoms. The van der Waals surface area contributed by atoms with Crippen molar-refractivity contribution in [3.8, 4) is 0 Å². The van der Waals surface area contributed by atoms with Crippen LogP contribution >= 0.6 is 23.4 Å². The predicted octanol–water partition coefficient (Wildman–Crippen LogP) is 2.71. The zero-order chi connectivity index (χ0) is 22.7. The lowest BCUT2D eigenvalue weighted by Crippen LogP contribution is -2.47. The van der Waals surface area contributed by atoms with Gasteiger partial charge in [0, 0.05) is 23.5 Å². The number of carbonyl (C=O) groups excluding carboxylic acids is 1. The Balaban J connectivity index is 1.15. The molecule has 33 heavy (non-hydrogen) atoms. The smallest absolute Gasteiger partial charge is 0.324 e. The summed E-state index contributed by atoms with van der Waals surface area (Å²) in [4.78, 5) is 42.7. The number of carbonyl (C=O) groups is 1. The Morgan fingerprint density at radius 1 is 1.18 bits per heavy atom. The quantitative estimate of drug-likeness (QED) is 0.571. The van der Waals surface area contributed by atoms with Gasteiger partial charge in [0.05, 0.1) is 33.9 Å². The van der Waals surface area contributed by atoms with Gasteiger partial charge in [-0.05, 0) is 36.8 Å². The van der Waals surface area contributed by atoms with Crippen molar-refractivity contribution in [1.82, 2.24) is 9.55 Å². The zero-order valence-electron chi connectivity index (χ0n) is 17.3. The number of ether oxygens (including phenoxy) is 2. The molecule has 0 saturated carbocycles. The first-order valence-corrected chi connectivity index (χ1v) is 11.9. The Morgan fingerprint density at radius 2 is 2.03 bits per heavy atom. The van der Waals surface area contributed by atoms with E-state index in [2.05, 4.69) is 10.3 Å². The molecule has 7 rings (SSSR count). The van der Waals surface area contributed by atoms with E-state index in [4.69, 9.17) is 21.1 Å². The number of H-pyrrole nitrogens is 1. The van der Waals surface area contributed by atoms with Crippen LogP contribution in [-0.4, -0.2) is 40.0 Å². The highest BCUT2D eigenvalue weighted by atomic mass is 35.5. The Hall–Kier alpha value is -2.79.